The van der Waals surface area contributed by atoms with Gasteiger partial charge in [-0.3, -0.25) is 24.1 Å². The van der Waals surface area contributed by atoms with Gasteiger partial charge in [-0.15, -0.1) is 0 Å². The van der Waals surface area contributed by atoms with Crippen LogP contribution in [0.2, 0.25) is 5.02 Å². The second-order valence-corrected chi connectivity index (χ2v) is 8.88. The van der Waals surface area contributed by atoms with Gasteiger partial charge in [-0.1, -0.05) is 46.8 Å². The summed E-state index contributed by atoms with van der Waals surface area (Å²) in [6.45, 7) is -0.155. The predicted octanol–water partition coefficient (Wildman–Crippen LogP) is 2.16. The molecule has 0 bridgehead atoms. The number of hydrogen-bond donors (Lipinski definition) is 2. The van der Waals surface area contributed by atoms with Gasteiger partial charge in [-0.05, 0) is 17.7 Å². The van der Waals surface area contributed by atoms with Crippen molar-refractivity contribution in [3.63, 3.8) is 0 Å². The Morgan fingerprint density at radius 2 is 1.89 bits per heavy atom. The summed E-state index contributed by atoms with van der Waals surface area (Å²) in [7, 11) is 0. The number of H-pyrrole nitrogens is 1. The smallest absolute Gasteiger partial charge is 0.305 e. The number of likely N-dealkylation sites (tertiary alicyclic amines) is 1. The van der Waals surface area contributed by atoms with Crippen LogP contribution in [0.15, 0.2) is 34.1 Å². The van der Waals surface area contributed by atoms with E-state index in [1.54, 1.807) is 24.3 Å². The van der Waals surface area contributed by atoms with Crippen molar-refractivity contribution < 1.29 is 19.5 Å². The molecule has 10 heteroatoms. The van der Waals surface area contributed by atoms with Crippen molar-refractivity contribution in [3.05, 3.63) is 49.4 Å². The lowest BCUT2D eigenvalue weighted by Gasteiger charge is -2.29. The molecule has 2 N–H and O–H groups in total. The maximum Gasteiger partial charge on any atom is 0.305 e. The van der Waals surface area contributed by atoms with Gasteiger partial charge in [0.15, 0.2) is 0 Å². The van der Waals surface area contributed by atoms with Gasteiger partial charge in [-0.25, -0.2) is 0 Å². The molecule has 27 heavy (non-hydrogen) atoms. The summed E-state index contributed by atoms with van der Waals surface area (Å²) in [4.78, 5) is 52.8. The number of nitrogens with one attached hydrogen (secondary N) is 1. The minimum absolute atomic E-state index is 0.155. The number of halogens is 1. The number of thiazole rings is 1. The molecule has 1 fully saturated rings. The molecule has 140 valence electrons. The number of aromatic amines is 1. The highest BCUT2D eigenvalue weighted by Gasteiger charge is 2.55. The number of aromatic nitrogens is 1. The number of rotatable bonds is 4. The Hall–Kier alpha value is -2.10. The van der Waals surface area contributed by atoms with Gasteiger partial charge >= 0.3 is 10.8 Å². The number of imide groups is 1. The number of aliphatic carboxylic acids is 1. The molecule has 2 aliphatic heterocycles. The maximum absolute atomic E-state index is 13.0. The Labute approximate surface area is 166 Å². The van der Waals surface area contributed by atoms with Crippen LogP contribution in [0.3, 0.4) is 0 Å². The largest absolute Gasteiger partial charge is 0.481 e. The van der Waals surface area contributed by atoms with E-state index in [2.05, 4.69) is 4.98 Å². The van der Waals surface area contributed by atoms with E-state index in [1.165, 1.54) is 11.8 Å². The van der Waals surface area contributed by atoms with E-state index in [0.29, 0.717) is 10.0 Å². The number of fused-ring (bicyclic) bond motifs is 2. The molecule has 3 heterocycles. The van der Waals surface area contributed by atoms with E-state index in [4.69, 9.17) is 16.7 Å². The van der Waals surface area contributed by atoms with Crippen molar-refractivity contribution >= 4 is 52.5 Å². The van der Waals surface area contributed by atoms with E-state index >= 15 is 0 Å². The molecule has 1 saturated heterocycles. The third-order valence-corrected chi connectivity index (χ3v) is 7.35. The van der Waals surface area contributed by atoms with Gasteiger partial charge in [0.2, 0.25) is 11.8 Å². The van der Waals surface area contributed by atoms with Gasteiger partial charge in [0.25, 0.3) is 0 Å². The lowest BCUT2D eigenvalue weighted by atomic mass is 9.83. The molecular weight excluding hydrogens is 412 g/mol. The second kappa shape index (κ2) is 6.81. The molecule has 0 spiro atoms. The lowest BCUT2D eigenvalue weighted by Crippen LogP contribution is -2.33. The predicted molar refractivity (Wildman–Crippen MR) is 100 cm³/mol. The SMILES string of the molecule is O=C(O)CCN1C(=O)[C@@H]2[C@@H](c3ccc(Cl)cc3)c3sc(=O)[nH]c3S[C@@H]2C1=O. The van der Waals surface area contributed by atoms with Crippen LogP contribution in [0.5, 0.6) is 0 Å². The Balaban J connectivity index is 1.79. The highest BCUT2D eigenvalue weighted by Crippen LogP contribution is 2.52. The summed E-state index contributed by atoms with van der Waals surface area (Å²) in [5.41, 5.74) is 0.785. The van der Waals surface area contributed by atoms with Gasteiger partial charge in [0, 0.05) is 22.4 Å². The first-order valence-corrected chi connectivity index (χ1v) is 10.2. The molecule has 0 aliphatic carbocycles. The fourth-order valence-electron chi connectivity index (χ4n) is 3.53. The number of carboxylic acid groups (broad SMARTS) is 1. The van der Waals surface area contributed by atoms with Crippen molar-refractivity contribution in [2.45, 2.75) is 22.6 Å². The van der Waals surface area contributed by atoms with Crippen molar-refractivity contribution in [2.75, 3.05) is 6.54 Å². The number of carbonyl (C=O) groups excluding carboxylic acids is 2. The number of carbonyl (C=O) groups is 3. The summed E-state index contributed by atoms with van der Waals surface area (Å²) in [6.07, 6.45) is -0.300. The molecule has 2 aromatic rings. The Morgan fingerprint density at radius 3 is 2.56 bits per heavy atom. The summed E-state index contributed by atoms with van der Waals surface area (Å²) in [6, 6.07) is 6.97. The minimum Gasteiger partial charge on any atom is -0.481 e. The van der Waals surface area contributed by atoms with Crippen LogP contribution < -0.4 is 4.87 Å². The normalized spacial score (nSPS) is 24.0. The summed E-state index contributed by atoms with van der Waals surface area (Å²) < 4.78 is 0. The summed E-state index contributed by atoms with van der Waals surface area (Å²) in [5, 5.41) is 9.34. The lowest BCUT2D eigenvalue weighted by molar-refractivity contribution is -0.141. The molecule has 3 atom stereocenters. The number of benzene rings is 1. The van der Waals surface area contributed by atoms with Crippen LogP contribution in [-0.2, 0) is 14.4 Å². The molecule has 1 aromatic heterocycles. The molecule has 4 rings (SSSR count). The molecule has 0 unspecified atom stereocenters. The van der Waals surface area contributed by atoms with Crippen LogP contribution in [0.1, 0.15) is 22.8 Å². The standard InChI is InChI=1S/C17H13ClN2O5S2/c18-8-3-1-7(2-4-8)10-11-13(26-14-12(10)27-17(25)19-14)16(24)20(15(11)23)6-5-9(21)22/h1-4,10-11,13H,5-6H2,(H,19,25)(H,21,22)/t10-,11-,13+/m1/s1. The number of thioether (sulfide) groups is 1. The molecular formula is C17H13ClN2O5S2. The van der Waals surface area contributed by atoms with Crippen molar-refractivity contribution in [3.8, 4) is 0 Å². The third-order valence-electron chi connectivity index (χ3n) is 4.69. The van der Waals surface area contributed by atoms with Crippen LogP contribution >= 0.6 is 34.7 Å². The molecule has 0 radical (unpaired) electrons. The zero-order chi connectivity index (χ0) is 19.3. The highest BCUT2D eigenvalue weighted by atomic mass is 35.5. The van der Waals surface area contributed by atoms with Crippen LogP contribution in [0, 0.1) is 5.92 Å². The van der Waals surface area contributed by atoms with E-state index in [1.807, 2.05) is 0 Å². The number of nitrogens with zero attached hydrogens (tertiary/aromatic N) is 1. The van der Waals surface area contributed by atoms with Crippen LogP contribution in [-0.4, -0.2) is 44.6 Å². The quantitative estimate of drug-likeness (QED) is 0.728. The zero-order valence-electron chi connectivity index (χ0n) is 13.7. The fourth-order valence-corrected chi connectivity index (χ4v) is 6.19. The van der Waals surface area contributed by atoms with Crippen molar-refractivity contribution in [1.82, 2.24) is 9.88 Å². The maximum atomic E-state index is 13.0. The third kappa shape index (κ3) is 3.09. The fraction of sp³-hybridized carbons (Fsp3) is 0.294. The second-order valence-electron chi connectivity index (χ2n) is 6.27. The average molecular weight is 425 g/mol. The average Bonchev–Trinajstić information content (AvgIpc) is 3.10. The molecule has 7 nitrogen and oxygen atoms in total. The van der Waals surface area contributed by atoms with Crippen molar-refractivity contribution in [2.24, 2.45) is 5.92 Å². The van der Waals surface area contributed by atoms with Gasteiger partial charge in [0.05, 0.1) is 17.4 Å². The number of carboxylic acids is 1. The number of hydrogen-bond acceptors (Lipinski definition) is 6. The van der Waals surface area contributed by atoms with Gasteiger partial charge in [0.1, 0.15) is 5.25 Å². The van der Waals surface area contributed by atoms with Gasteiger partial charge < -0.3 is 10.1 Å². The summed E-state index contributed by atoms with van der Waals surface area (Å²) in [5.74, 6) is -3.02. The molecule has 1 aromatic carbocycles. The molecule has 0 saturated carbocycles. The van der Waals surface area contributed by atoms with E-state index < -0.39 is 34.9 Å². The Kier molecular flexibility index (Phi) is 4.61. The Bertz CT molecular complexity index is 999. The monoisotopic (exact) mass is 424 g/mol. The number of amides is 2. The zero-order valence-corrected chi connectivity index (χ0v) is 16.1. The van der Waals surface area contributed by atoms with Crippen LogP contribution in [0.4, 0.5) is 0 Å². The van der Waals surface area contributed by atoms with Crippen molar-refractivity contribution in [1.29, 1.82) is 0 Å². The van der Waals surface area contributed by atoms with E-state index in [9.17, 15) is 19.2 Å². The highest BCUT2D eigenvalue weighted by molar-refractivity contribution is 8.00. The van der Waals surface area contributed by atoms with Crippen LogP contribution in [0.25, 0.3) is 0 Å². The first-order valence-electron chi connectivity index (χ1n) is 8.09. The first kappa shape index (κ1) is 18.3. The van der Waals surface area contributed by atoms with Gasteiger partial charge in [-0.2, -0.15) is 0 Å². The Morgan fingerprint density at radius 1 is 1.19 bits per heavy atom. The first-order chi connectivity index (χ1) is 12.9. The van der Waals surface area contributed by atoms with E-state index in [0.717, 1.165) is 26.7 Å². The molecule has 2 amide bonds. The van der Waals surface area contributed by atoms with E-state index in [-0.39, 0.29) is 17.8 Å². The minimum atomic E-state index is -1.07. The topological polar surface area (TPSA) is 108 Å². The molecule has 2 aliphatic rings. The summed E-state index contributed by atoms with van der Waals surface area (Å²) >= 11 is 8.17.